The molecule has 2 aromatic rings. The molecular weight excluding hydrogens is 294 g/mol. The summed E-state index contributed by atoms with van der Waals surface area (Å²) in [5.74, 6) is 0.952. The van der Waals surface area contributed by atoms with Crippen LogP contribution in [0.5, 0.6) is 0 Å². The predicted octanol–water partition coefficient (Wildman–Crippen LogP) is 3.17. The number of nitrogens with zero attached hydrogens (tertiary/aromatic N) is 2. The van der Waals surface area contributed by atoms with Crippen LogP contribution in [0.1, 0.15) is 36.4 Å². The van der Waals surface area contributed by atoms with Crippen LogP contribution < -0.4 is 5.32 Å². The van der Waals surface area contributed by atoms with Gasteiger partial charge in [0.25, 0.3) is 0 Å². The molecule has 0 radical (unpaired) electrons. The maximum absolute atomic E-state index is 5.63. The summed E-state index contributed by atoms with van der Waals surface area (Å²) in [7, 11) is 1.94. The number of hydrogen-bond acceptors (Lipinski definition) is 3. The second-order valence-electron chi connectivity index (χ2n) is 4.36. The molecule has 4 nitrogen and oxygen atoms in total. The van der Waals surface area contributed by atoms with E-state index in [1.54, 1.807) is 6.26 Å². The van der Waals surface area contributed by atoms with Crippen molar-refractivity contribution >= 4 is 15.9 Å². The minimum atomic E-state index is 0.0295. The molecule has 1 N–H and O–H groups in total. The van der Waals surface area contributed by atoms with Crippen molar-refractivity contribution in [2.75, 3.05) is 6.54 Å². The monoisotopic (exact) mass is 311 g/mol. The summed E-state index contributed by atoms with van der Waals surface area (Å²) in [4.78, 5) is 0. The highest BCUT2D eigenvalue weighted by molar-refractivity contribution is 9.10. The third-order valence-corrected chi connectivity index (χ3v) is 3.58. The zero-order chi connectivity index (χ0) is 13.1. The van der Waals surface area contributed by atoms with Gasteiger partial charge in [-0.05, 0) is 47.4 Å². The molecule has 0 aliphatic carbocycles. The fourth-order valence-corrected chi connectivity index (χ4v) is 2.60. The Balaban J connectivity index is 2.40. The highest BCUT2D eigenvalue weighted by Gasteiger charge is 2.24. The molecule has 2 rings (SSSR count). The zero-order valence-corrected chi connectivity index (χ0v) is 12.5. The number of hydrogen-bond donors (Lipinski definition) is 1. The van der Waals surface area contributed by atoms with E-state index in [4.69, 9.17) is 4.42 Å². The van der Waals surface area contributed by atoms with Crippen molar-refractivity contribution in [3.8, 4) is 0 Å². The molecule has 2 heterocycles. The number of rotatable bonds is 5. The Hall–Kier alpha value is -1.07. The van der Waals surface area contributed by atoms with Crippen LogP contribution in [0.4, 0.5) is 0 Å². The van der Waals surface area contributed by atoms with Gasteiger partial charge in [0, 0.05) is 7.05 Å². The van der Waals surface area contributed by atoms with Gasteiger partial charge in [-0.15, -0.1) is 0 Å². The van der Waals surface area contributed by atoms with E-state index in [2.05, 4.69) is 40.2 Å². The van der Waals surface area contributed by atoms with Crippen LogP contribution in [0.25, 0.3) is 0 Å². The zero-order valence-electron chi connectivity index (χ0n) is 10.9. The van der Waals surface area contributed by atoms with E-state index in [0.29, 0.717) is 0 Å². The van der Waals surface area contributed by atoms with Crippen LogP contribution in [0.3, 0.4) is 0 Å². The Morgan fingerprint density at radius 2 is 2.33 bits per heavy atom. The largest absolute Gasteiger partial charge is 0.467 e. The van der Waals surface area contributed by atoms with Gasteiger partial charge in [-0.25, -0.2) is 0 Å². The molecule has 0 bridgehead atoms. The van der Waals surface area contributed by atoms with Gasteiger partial charge in [0.2, 0.25) is 0 Å². The summed E-state index contributed by atoms with van der Waals surface area (Å²) in [6.07, 6.45) is 4.62. The molecule has 0 saturated carbocycles. The van der Waals surface area contributed by atoms with Gasteiger partial charge in [0.15, 0.2) is 0 Å². The van der Waals surface area contributed by atoms with Crippen LogP contribution >= 0.6 is 15.9 Å². The Bertz CT molecular complexity index is 499. The van der Waals surface area contributed by atoms with Crippen LogP contribution in [-0.4, -0.2) is 16.3 Å². The number of furan rings is 1. The van der Waals surface area contributed by atoms with Crippen LogP contribution in [0, 0.1) is 6.92 Å². The third kappa shape index (κ3) is 2.52. The molecule has 0 aliphatic heterocycles. The Kier molecular flexibility index (Phi) is 4.24. The van der Waals surface area contributed by atoms with E-state index < -0.39 is 0 Å². The van der Waals surface area contributed by atoms with Crippen molar-refractivity contribution < 1.29 is 4.42 Å². The van der Waals surface area contributed by atoms with E-state index in [-0.39, 0.29) is 6.04 Å². The van der Waals surface area contributed by atoms with E-state index in [9.17, 15) is 0 Å². The topological polar surface area (TPSA) is 43.0 Å². The Morgan fingerprint density at radius 1 is 1.56 bits per heavy atom. The first-order valence-corrected chi connectivity index (χ1v) is 6.89. The molecular formula is C13H18BrN3O. The molecule has 0 aliphatic rings. The van der Waals surface area contributed by atoms with Gasteiger partial charge in [-0.2, -0.15) is 5.10 Å². The number of aryl methyl sites for hydroxylation is 2. The quantitative estimate of drug-likeness (QED) is 0.922. The van der Waals surface area contributed by atoms with Crippen LogP contribution in [0.15, 0.2) is 27.4 Å². The van der Waals surface area contributed by atoms with Crippen LogP contribution in [-0.2, 0) is 7.05 Å². The van der Waals surface area contributed by atoms with Crippen molar-refractivity contribution in [3.63, 3.8) is 0 Å². The Labute approximate surface area is 115 Å². The first-order chi connectivity index (χ1) is 8.65. The molecule has 0 aromatic carbocycles. The summed E-state index contributed by atoms with van der Waals surface area (Å²) in [5.41, 5.74) is 2.23. The van der Waals surface area contributed by atoms with Gasteiger partial charge in [-0.3, -0.25) is 4.68 Å². The highest BCUT2D eigenvalue weighted by Crippen LogP contribution is 2.30. The van der Waals surface area contributed by atoms with E-state index in [0.717, 1.165) is 34.5 Å². The molecule has 98 valence electrons. The summed E-state index contributed by atoms with van der Waals surface area (Å²) in [6, 6.07) is 2.02. The lowest BCUT2D eigenvalue weighted by atomic mass is 10.1. The minimum absolute atomic E-state index is 0.0295. The average Bonchev–Trinajstić information content (AvgIpc) is 2.90. The fourth-order valence-electron chi connectivity index (χ4n) is 2.03. The van der Waals surface area contributed by atoms with Crippen molar-refractivity contribution in [3.05, 3.63) is 40.0 Å². The summed E-state index contributed by atoms with van der Waals surface area (Å²) in [5, 5.41) is 7.78. The molecule has 18 heavy (non-hydrogen) atoms. The lowest BCUT2D eigenvalue weighted by Crippen LogP contribution is -2.25. The molecule has 1 atom stereocenters. The van der Waals surface area contributed by atoms with Crippen molar-refractivity contribution in [2.45, 2.75) is 26.3 Å². The minimum Gasteiger partial charge on any atom is -0.467 e. The second kappa shape index (κ2) is 5.71. The molecule has 0 saturated heterocycles. The number of aromatic nitrogens is 2. The number of nitrogens with one attached hydrogen (secondary N) is 1. The second-order valence-corrected chi connectivity index (χ2v) is 5.21. The number of halogens is 1. The van der Waals surface area contributed by atoms with Gasteiger partial charge < -0.3 is 9.73 Å². The molecule has 1 unspecified atom stereocenters. The fraction of sp³-hybridized carbons (Fsp3) is 0.462. The summed E-state index contributed by atoms with van der Waals surface area (Å²) < 4.78 is 8.50. The van der Waals surface area contributed by atoms with E-state index >= 15 is 0 Å². The maximum atomic E-state index is 5.63. The van der Waals surface area contributed by atoms with Crippen molar-refractivity contribution in [1.82, 2.24) is 15.1 Å². The first kappa shape index (κ1) is 13.4. The summed E-state index contributed by atoms with van der Waals surface area (Å²) in [6.45, 7) is 5.14. The standard InChI is InChI=1S/C13H18BrN3O/c1-4-6-15-11(13-9(2)5-7-18-13)12-10(14)8-16-17(12)3/h5,7-8,11,15H,4,6H2,1-3H3. The highest BCUT2D eigenvalue weighted by atomic mass is 79.9. The molecule has 0 amide bonds. The molecule has 0 fully saturated rings. The van der Waals surface area contributed by atoms with Crippen molar-refractivity contribution in [1.29, 1.82) is 0 Å². The van der Waals surface area contributed by atoms with E-state index in [1.165, 1.54) is 0 Å². The maximum Gasteiger partial charge on any atom is 0.129 e. The smallest absolute Gasteiger partial charge is 0.129 e. The normalized spacial score (nSPS) is 12.9. The molecule has 0 spiro atoms. The van der Waals surface area contributed by atoms with Crippen LogP contribution in [0.2, 0.25) is 0 Å². The van der Waals surface area contributed by atoms with Gasteiger partial charge in [0.05, 0.1) is 22.6 Å². The lowest BCUT2D eigenvalue weighted by Gasteiger charge is -2.18. The van der Waals surface area contributed by atoms with E-state index in [1.807, 2.05) is 24.0 Å². The van der Waals surface area contributed by atoms with Gasteiger partial charge in [-0.1, -0.05) is 6.92 Å². The predicted molar refractivity (Wildman–Crippen MR) is 74.5 cm³/mol. The molecule has 2 aromatic heterocycles. The third-order valence-electron chi connectivity index (χ3n) is 2.97. The Morgan fingerprint density at radius 3 is 2.83 bits per heavy atom. The van der Waals surface area contributed by atoms with Gasteiger partial charge >= 0.3 is 0 Å². The average molecular weight is 312 g/mol. The van der Waals surface area contributed by atoms with Gasteiger partial charge in [0.1, 0.15) is 11.8 Å². The first-order valence-electron chi connectivity index (χ1n) is 6.10. The van der Waals surface area contributed by atoms with Crippen molar-refractivity contribution in [2.24, 2.45) is 7.05 Å². The molecule has 5 heteroatoms. The SMILES string of the molecule is CCCNC(c1occc1C)c1c(Br)cnn1C. The lowest BCUT2D eigenvalue weighted by molar-refractivity contribution is 0.429. The summed E-state index contributed by atoms with van der Waals surface area (Å²) >= 11 is 3.55.